The zero-order valence-electron chi connectivity index (χ0n) is 13.0. The van der Waals surface area contributed by atoms with Gasteiger partial charge in [-0.15, -0.1) is 11.3 Å². The zero-order valence-corrected chi connectivity index (χ0v) is 13.8. The first kappa shape index (κ1) is 16.0. The highest BCUT2D eigenvalue weighted by Crippen LogP contribution is 2.33. The highest BCUT2D eigenvalue weighted by molar-refractivity contribution is 7.12. The number of hydrogen-bond donors (Lipinski definition) is 1. The van der Waals surface area contributed by atoms with E-state index in [1.807, 2.05) is 11.3 Å². The Morgan fingerprint density at radius 2 is 2.25 bits per heavy atom. The molecular formula is C16H28N2OS. The quantitative estimate of drug-likeness (QED) is 0.875. The summed E-state index contributed by atoms with van der Waals surface area (Å²) >= 11 is 1.89. The Morgan fingerprint density at radius 1 is 1.45 bits per heavy atom. The van der Waals surface area contributed by atoms with Crippen LogP contribution in [-0.4, -0.2) is 36.7 Å². The number of aryl methyl sites for hydroxylation is 1. The molecule has 2 N–H and O–H groups in total. The molecule has 0 aliphatic carbocycles. The molecule has 2 rings (SSSR count). The van der Waals surface area contributed by atoms with Gasteiger partial charge in [0.25, 0.3) is 0 Å². The van der Waals surface area contributed by atoms with Gasteiger partial charge in [0.05, 0.1) is 12.1 Å². The van der Waals surface area contributed by atoms with Crippen LogP contribution in [0.25, 0.3) is 0 Å². The molecule has 0 aromatic carbocycles. The van der Waals surface area contributed by atoms with Gasteiger partial charge in [0.15, 0.2) is 0 Å². The maximum Gasteiger partial charge on any atom is 0.0702 e. The van der Waals surface area contributed by atoms with E-state index < -0.39 is 0 Å². The number of nitrogens with two attached hydrogens (primary N) is 1. The van der Waals surface area contributed by atoms with E-state index in [0.29, 0.717) is 12.1 Å². The van der Waals surface area contributed by atoms with Crippen LogP contribution >= 0.6 is 11.3 Å². The highest BCUT2D eigenvalue weighted by Gasteiger charge is 2.31. The van der Waals surface area contributed by atoms with Gasteiger partial charge in [0, 0.05) is 28.9 Å². The number of hydrogen-bond acceptors (Lipinski definition) is 4. The summed E-state index contributed by atoms with van der Waals surface area (Å²) in [6, 6.07) is 5.01. The standard InChI is InChI=1S/C16H28N2OS/c1-4-14(17)16(15-9-8-12(3)20-15)18-10-6-7-13(11-18)19-5-2/h8-9,13-14,16H,4-7,10-11,17H2,1-3H3. The average Bonchev–Trinajstić information content (AvgIpc) is 2.86. The molecule has 1 saturated heterocycles. The maximum absolute atomic E-state index is 6.43. The third kappa shape index (κ3) is 3.82. The topological polar surface area (TPSA) is 38.5 Å². The van der Waals surface area contributed by atoms with Gasteiger partial charge in [0.1, 0.15) is 0 Å². The van der Waals surface area contributed by atoms with Crippen LogP contribution in [0.15, 0.2) is 12.1 Å². The van der Waals surface area contributed by atoms with Gasteiger partial charge < -0.3 is 10.5 Å². The molecule has 3 atom stereocenters. The Kier molecular flexibility index (Phi) is 6.02. The first-order chi connectivity index (χ1) is 9.65. The molecule has 1 fully saturated rings. The van der Waals surface area contributed by atoms with Crippen molar-refractivity contribution in [2.24, 2.45) is 5.73 Å². The molecule has 20 heavy (non-hydrogen) atoms. The van der Waals surface area contributed by atoms with Crippen molar-refractivity contribution in [2.75, 3.05) is 19.7 Å². The van der Waals surface area contributed by atoms with E-state index in [1.54, 1.807) is 0 Å². The van der Waals surface area contributed by atoms with Crippen LogP contribution in [0.2, 0.25) is 0 Å². The number of likely N-dealkylation sites (tertiary alicyclic amines) is 1. The van der Waals surface area contributed by atoms with E-state index in [-0.39, 0.29) is 6.04 Å². The van der Waals surface area contributed by atoms with Crippen LogP contribution in [0, 0.1) is 6.92 Å². The lowest BCUT2D eigenvalue weighted by Gasteiger charge is -2.40. The molecule has 0 amide bonds. The Balaban J connectivity index is 2.14. The largest absolute Gasteiger partial charge is 0.377 e. The first-order valence-corrected chi connectivity index (χ1v) is 8.64. The van der Waals surface area contributed by atoms with Crippen LogP contribution in [0.5, 0.6) is 0 Å². The van der Waals surface area contributed by atoms with Gasteiger partial charge in [-0.05, 0) is 51.8 Å². The number of thiophene rings is 1. The van der Waals surface area contributed by atoms with Crippen LogP contribution in [0.1, 0.15) is 48.9 Å². The second kappa shape index (κ2) is 7.55. The average molecular weight is 296 g/mol. The Hall–Kier alpha value is -0.420. The number of rotatable bonds is 6. The van der Waals surface area contributed by atoms with Gasteiger partial charge in [0.2, 0.25) is 0 Å². The zero-order chi connectivity index (χ0) is 14.5. The Labute approximate surface area is 127 Å². The Morgan fingerprint density at radius 3 is 2.85 bits per heavy atom. The van der Waals surface area contributed by atoms with Crippen LogP contribution < -0.4 is 5.73 Å². The molecule has 114 valence electrons. The van der Waals surface area contributed by atoms with Crippen molar-refractivity contribution in [3.05, 3.63) is 21.9 Å². The molecule has 0 bridgehead atoms. The van der Waals surface area contributed by atoms with E-state index in [9.17, 15) is 0 Å². The normalized spacial score (nSPS) is 23.7. The van der Waals surface area contributed by atoms with E-state index in [4.69, 9.17) is 10.5 Å². The second-order valence-electron chi connectivity index (χ2n) is 5.68. The molecule has 1 aliphatic rings. The van der Waals surface area contributed by atoms with Crippen molar-refractivity contribution < 1.29 is 4.74 Å². The molecule has 1 aromatic heterocycles. The summed E-state index contributed by atoms with van der Waals surface area (Å²) in [5, 5.41) is 0. The van der Waals surface area contributed by atoms with Gasteiger partial charge in [-0.25, -0.2) is 0 Å². The van der Waals surface area contributed by atoms with Crippen LogP contribution in [0.4, 0.5) is 0 Å². The van der Waals surface area contributed by atoms with Gasteiger partial charge in [-0.3, -0.25) is 4.90 Å². The number of ether oxygens (including phenoxy) is 1. The maximum atomic E-state index is 6.43. The van der Waals surface area contributed by atoms with Crippen molar-refractivity contribution in [2.45, 2.75) is 58.2 Å². The lowest BCUT2D eigenvalue weighted by atomic mass is 9.98. The SMILES string of the molecule is CCOC1CCCN(C(c2ccc(C)s2)C(N)CC)C1. The molecule has 1 aliphatic heterocycles. The van der Waals surface area contributed by atoms with Gasteiger partial charge in [-0.2, -0.15) is 0 Å². The van der Waals surface area contributed by atoms with E-state index in [2.05, 4.69) is 37.8 Å². The van der Waals surface area contributed by atoms with Crippen LogP contribution in [0.3, 0.4) is 0 Å². The minimum atomic E-state index is 0.202. The second-order valence-corrected chi connectivity index (χ2v) is 7.00. The minimum absolute atomic E-state index is 0.202. The molecule has 4 heteroatoms. The van der Waals surface area contributed by atoms with Gasteiger partial charge in [-0.1, -0.05) is 6.92 Å². The third-order valence-corrected chi connectivity index (χ3v) is 5.21. The number of nitrogens with zero attached hydrogens (tertiary/aromatic N) is 1. The molecule has 3 nitrogen and oxygen atoms in total. The predicted octanol–water partition coefficient (Wildman–Crippen LogP) is 3.34. The monoisotopic (exact) mass is 296 g/mol. The van der Waals surface area contributed by atoms with Gasteiger partial charge >= 0.3 is 0 Å². The van der Waals surface area contributed by atoms with Crippen molar-refractivity contribution in [1.29, 1.82) is 0 Å². The smallest absolute Gasteiger partial charge is 0.0702 e. The molecule has 3 unspecified atom stereocenters. The predicted molar refractivity (Wildman–Crippen MR) is 86.3 cm³/mol. The summed E-state index contributed by atoms with van der Waals surface area (Å²) in [6.45, 7) is 9.39. The van der Waals surface area contributed by atoms with Crippen molar-refractivity contribution in [1.82, 2.24) is 4.90 Å². The molecule has 0 spiro atoms. The molecule has 0 saturated carbocycles. The Bertz CT molecular complexity index is 405. The van der Waals surface area contributed by atoms with Crippen molar-refractivity contribution >= 4 is 11.3 Å². The lowest BCUT2D eigenvalue weighted by Crippen LogP contribution is -2.47. The fourth-order valence-corrected chi connectivity index (χ4v) is 4.18. The molecule has 2 heterocycles. The molecule has 0 radical (unpaired) electrons. The number of piperidine rings is 1. The third-order valence-electron chi connectivity index (χ3n) is 4.13. The van der Waals surface area contributed by atoms with E-state index in [0.717, 1.165) is 26.1 Å². The minimum Gasteiger partial charge on any atom is -0.377 e. The van der Waals surface area contributed by atoms with Crippen LogP contribution in [-0.2, 0) is 4.74 Å². The summed E-state index contributed by atoms with van der Waals surface area (Å²) < 4.78 is 5.84. The summed E-state index contributed by atoms with van der Waals surface area (Å²) in [5.41, 5.74) is 6.43. The summed E-state index contributed by atoms with van der Waals surface area (Å²) in [4.78, 5) is 5.32. The lowest BCUT2D eigenvalue weighted by molar-refractivity contribution is -0.0110. The highest BCUT2D eigenvalue weighted by atomic mass is 32.1. The first-order valence-electron chi connectivity index (χ1n) is 7.83. The van der Waals surface area contributed by atoms with Crippen molar-refractivity contribution in [3.8, 4) is 0 Å². The fraction of sp³-hybridized carbons (Fsp3) is 0.750. The van der Waals surface area contributed by atoms with E-state index in [1.165, 1.54) is 22.6 Å². The summed E-state index contributed by atoms with van der Waals surface area (Å²) in [6.07, 6.45) is 3.78. The van der Waals surface area contributed by atoms with E-state index >= 15 is 0 Å². The van der Waals surface area contributed by atoms with Crippen molar-refractivity contribution in [3.63, 3.8) is 0 Å². The molecular weight excluding hydrogens is 268 g/mol. The molecule has 1 aromatic rings. The summed E-state index contributed by atoms with van der Waals surface area (Å²) in [5.74, 6) is 0. The summed E-state index contributed by atoms with van der Waals surface area (Å²) in [7, 11) is 0. The fourth-order valence-electron chi connectivity index (χ4n) is 3.09.